The number of thioether (sulfide) groups is 1. The first-order valence-corrected chi connectivity index (χ1v) is 8.14. The van der Waals surface area contributed by atoms with Crippen molar-refractivity contribution in [3.63, 3.8) is 0 Å². The molecule has 0 saturated carbocycles. The largest absolute Gasteiger partial charge is 0.496 e. The summed E-state index contributed by atoms with van der Waals surface area (Å²) < 4.78 is 16.2. The fourth-order valence-corrected chi connectivity index (χ4v) is 3.16. The summed E-state index contributed by atoms with van der Waals surface area (Å²) in [5.74, 6) is 2.90. The zero-order valence-electron chi connectivity index (χ0n) is 13.2. The van der Waals surface area contributed by atoms with Crippen LogP contribution in [0, 0.1) is 13.8 Å². The molecule has 3 rings (SSSR count). The maximum Gasteiger partial charge on any atom is 0.276 e. The lowest BCUT2D eigenvalue weighted by molar-refractivity contribution is 0.392. The van der Waals surface area contributed by atoms with E-state index in [1.807, 2.05) is 38.1 Å². The summed E-state index contributed by atoms with van der Waals surface area (Å²) in [6.07, 6.45) is 0.545. The van der Waals surface area contributed by atoms with Gasteiger partial charge in [-0.25, -0.2) is 0 Å². The highest BCUT2D eigenvalue weighted by Gasteiger charge is 2.13. The van der Waals surface area contributed by atoms with E-state index in [4.69, 9.17) is 13.7 Å². The second kappa shape index (κ2) is 6.87. The Balaban J connectivity index is 1.66. The van der Waals surface area contributed by atoms with Crippen LogP contribution in [0.25, 0.3) is 0 Å². The van der Waals surface area contributed by atoms with E-state index in [1.54, 1.807) is 7.11 Å². The number of aryl methyl sites for hydroxylation is 2. The minimum absolute atomic E-state index is 0.537. The average Bonchev–Trinajstić information content (AvgIpc) is 3.13. The van der Waals surface area contributed by atoms with Crippen LogP contribution in [0.3, 0.4) is 0 Å². The van der Waals surface area contributed by atoms with Crippen LogP contribution in [0.2, 0.25) is 0 Å². The topological polar surface area (TPSA) is 74.2 Å². The number of benzene rings is 1. The number of nitrogens with zero attached hydrogens (tertiary/aromatic N) is 3. The molecule has 1 aromatic carbocycles. The smallest absolute Gasteiger partial charge is 0.276 e. The molecule has 0 aliphatic heterocycles. The van der Waals surface area contributed by atoms with Gasteiger partial charge in [-0.05, 0) is 19.9 Å². The summed E-state index contributed by atoms with van der Waals surface area (Å²) in [7, 11) is 1.65. The van der Waals surface area contributed by atoms with Crippen LogP contribution < -0.4 is 4.74 Å². The van der Waals surface area contributed by atoms with Gasteiger partial charge in [-0.2, -0.15) is 0 Å². The molecule has 0 unspecified atom stereocenters. The lowest BCUT2D eigenvalue weighted by Gasteiger charge is -2.05. The van der Waals surface area contributed by atoms with Crippen molar-refractivity contribution in [3.05, 3.63) is 52.7 Å². The van der Waals surface area contributed by atoms with Crippen LogP contribution in [-0.2, 0) is 12.2 Å². The lowest BCUT2D eigenvalue weighted by Crippen LogP contribution is -1.93. The Labute approximate surface area is 138 Å². The van der Waals surface area contributed by atoms with Crippen molar-refractivity contribution in [1.29, 1.82) is 0 Å². The molecule has 0 spiro atoms. The molecule has 2 heterocycles. The molecule has 120 valence electrons. The van der Waals surface area contributed by atoms with Gasteiger partial charge in [0.15, 0.2) is 0 Å². The van der Waals surface area contributed by atoms with Gasteiger partial charge in [0.1, 0.15) is 11.5 Å². The van der Waals surface area contributed by atoms with Gasteiger partial charge in [0.05, 0.1) is 19.2 Å². The zero-order valence-corrected chi connectivity index (χ0v) is 14.0. The Bertz CT molecular complexity index is 778. The van der Waals surface area contributed by atoms with E-state index in [2.05, 4.69) is 15.4 Å². The minimum Gasteiger partial charge on any atom is -0.496 e. The highest BCUT2D eigenvalue weighted by atomic mass is 32.2. The van der Waals surface area contributed by atoms with Crippen LogP contribution in [0.15, 0.2) is 38.4 Å². The first-order valence-electron chi connectivity index (χ1n) is 7.16. The van der Waals surface area contributed by atoms with Crippen LogP contribution in [0.4, 0.5) is 0 Å². The Hall–Kier alpha value is -2.28. The number of methoxy groups -OCH3 is 1. The quantitative estimate of drug-likeness (QED) is 0.639. The summed E-state index contributed by atoms with van der Waals surface area (Å²) in [4.78, 5) is 0. The maximum atomic E-state index is 5.70. The molecule has 0 aliphatic carbocycles. The van der Waals surface area contributed by atoms with Gasteiger partial charge in [0.2, 0.25) is 5.89 Å². The summed E-state index contributed by atoms with van der Waals surface area (Å²) in [6, 6.07) is 7.79. The van der Waals surface area contributed by atoms with Crippen molar-refractivity contribution in [1.82, 2.24) is 15.4 Å². The number of hydrogen-bond donors (Lipinski definition) is 0. The molecule has 2 aromatic heterocycles. The third-order valence-electron chi connectivity index (χ3n) is 3.50. The van der Waals surface area contributed by atoms with Crippen molar-refractivity contribution in [2.24, 2.45) is 0 Å². The predicted octanol–water partition coefficient (Wildman–Crippen LogP) is 3.57. The van der Waals surface area contributed by atoms with Gasteiger partial charge in [-0.3, -0.25) is 0 Å². The fraction of sp³-hybridized carbons (Fsp3) is 0.312. The molecule has 0 fully saturated rings. The van der Waals surface area contributed by atoms with Crippen molar-refractivity contribution in [3.8, 4) is 5.75 Å². The van der Waals surface area contributed by atoms with Crippen molar-refractivity contribution in [2.75, 3.05) is 7.11 Å². The van der Waals surface area contributed by atoms with Crippen LogP contribution in [0.5, 0.6) is 5.75 Å². The second-order valence-corrected chi connectivity index (χ2v) is 5.97. The highest BCUT2D eigenvalue weighted by molar-refractivity contribution is 7.98. The minimum atomic E-state index is 0.537. The van der Waals surface area contributed by atoms with E-state index in [-0.39, 0.29) is 0 Å². The number of para-hydroxylation sites is 1. The summed E-state index contributed by atoms with van der Waals surface area (Å²) in [5, 5.41) is 12.7. The fourth-order valence-electron chi connectivity index (χ4n) is 2.22. The van der Waals surface area contributed by atoms with E-state index >= 15 is 0 Å². The van der Waals surface area contributed by atoms with Gasteiger partial charge in [0, 0.05) is 16.9 Å². The first kappa shape index (κ1) is 15.6. The normalized spacial score (nSPS) is 10.9. The summed E-state index contributed by atoms with van der Waals surface area (Å²) in [6.45, 7) is 3.82. The number of aromatic nitrogens is 3. The van der Waals surface area contributed by atoms with Crippen molar-refractivity contribution in [2.45, 2.75) is 31.2 Å². The van der Waals surface area contributed by atoms with Gasteiger partial charge in [-0.1, -0.05) is 35.1 Å². The molecule has 0 aliphatic rings. The molecule has 7 heteroatoms. The van der Waals surface area contributed by atoms with Gasteiger partial charge in [0.25, 0.3) is 5.22 Å². The van der Waals surface area contributed by atoms with Crippen molar-refractivity contribution < 1.29 is 13.7 Å². The molecule has 23 heavy (non-hydrogen) atoms. The van der Waals surface area contributed by atoms with E-state index in [9.17, 15) is 0 Å². The molecular weight excluding hydrogens is 314 g/mol. The molecule has 3 aromatic rings. The molecule has 0 bridgehead atoms. The Morgan fingerprint density at radius 2 is 2.00 bits per heavy atom. The Kier molecular flexibility index (Phi) is 4.66. The predicted molar refractivity (Wildman–Crippen MR) is 85.6 cm³/mol. The maximum absolute atomic E-state index is 5.70. The number of hydrogen-bond acceptors (Lipinski definition) is 7. The van der Waals surface area contributed by atoms with Crippen molar-refractivity contribution >= 4 is 11.8 Å². The molecule has 0 amide bonds. The zero-order chi connectivity index (χ0) is 16.2. The van der Waals surface area contributed by atoms with E-state index in [1.165, 1.54) is 11.8 Å². The second-order valence-electron chi connectivity index (χ2n) is 5.04. The third kappa shape index (κ3) is 3.56. The monoisotopic (exact) mass is 331 g/mol. The SMILES string of the molecule is COc1ccccc1Cc1nnc(SCc2c(C)noc2C)o1. The summed E-state index contributed by atoms with van der Waals surface area (Å²) in [5.41, 5.74) is 2.98. The number of rotatable bonds is 6. The third-order valence-corrected chi connectivity index (χ3v) is 4.35. The lowest BCUT2D eigenvalue weighted by atomic mass is 10.1. The molecule has 0 saturated heterocycles. The number of ether oxygens (including phenoxy) is 1. The van der Waals surface area contributed by atoms with Crippen LogP contribution in [-0.4, -0.2) is 22.5 Å². The van der Waals surface area contributed by atoms with E-state index < -0.39 is 0 Å². The average molecular weight is 331 g/mol. The molecule has 0 radical (unpaired) electrons. The van der Waals surface area contributed by atoms with Gasteiger partial charge >= 0.3 is 0 Å². The van der Waals surface area contributed by atoms with E-state index in [0.29, 0.717) is 23.3 Å². The van der Waals surface area contributed by atoms with Crippen LogP contribution >= 0.6 is 11.8 Å². The highest BCUT2D eigenvalue weighted by Crippen LogP contribution is 2.26. The van der Waals surface area contributed by atoms with Crippen LogP contribution in [0.1, 0.15) is 28.5 Å². The molecule has 0 N–H and O–H groups in total. The molecule has 0 atom stereocenters. The Morgan fingerprint density at radius 1 is 1.17 bits per heavy atom. The standard InChI is InChI=1S/C16H17N3O3S/c1-10-13(11(2)22-19-10)9-23-16-18-17-15(21-16)8-12-6-4-5-7-14(12)20-3/h4-7H,8-9H2,1-3H3. The molecular formula is C16H17N3O3S. The van der Waals surface area contributed by atoms with E-state index in [0.717, 1.165) is 28.3 Å². The first-order chi connectivity index (χ1) is 11.2. The Morgan fingerprint density at radius 3 is 2.74 bits per heavy atom. The summed E-state index contributed by atoms with van der Waals surface area (Å²) >= 11 is 1.48. The van der Waals surface area contributed by atoms with Gasteiger partial charge in [-0.15, -0.1) is 10.2 Å². The van der Waals surface area contributed by atoms with Gasteiger partial charge < -0.3 is 13.7 Å². The molecule has 6 nitrogen and oxygen atoms in total.